The molecule has 2 N–H and O–H groups in total. The molecule has 1 aromatic heterocycles. The molecule has 2 rings (SSSR count). The van der Waals surface area contributed by atoms with E-state index in [9.17, 15) is 9.59 Å². The van der Waals surface area contributed by atoms with Crippen molar-refractivity contribution in [2.24, 2.45) is 7.05 Å². The molecule has 2 aromatic rings. The predicted molar refractivity (Wildman–Crippen MR) is 74.7 cm³/mol. The van der Waals surface area contributed by atoms with Crippen molar-refractivity contribution in [1.82, 2.24) is 20.1 Å². The number of carboxylic acids is 1. The molecule has 0 aliphatic heterocycles. The molecule has 0 unspecified atom stereocenters. The number of aromatic nitrogens is 3. The summed E-state index contributed by atoms with van der Waals surface area (Å²) in [5.41, 5.74) is 0.959. The van der Waals surface area contributed by atoms with E-state index in [0.717, 1.165) is 11.4 Å². The molecule has 0 saturated heterocycles. The maximum Gasteiger partial charge on any atom is 0.335 e. The second-order valence-electron chi connectivity index (χ2n) is 4.68. The predicted octanol–water partition coefficient (Wildman–Crippen LogP) is 0.681. The Bertz CT molecular complexity index is 661. The summed E-state index contributed by atoms with van der Waals surface area (Å²) in [6.07, 6.45) is 0.191. The highest BCUT2D eigenvalue weighted by molar-refractivity contribution is 5.87. The van der Waals surface area contributed by atoms with Crippen molar-refractivity contribution in [3.8, 4) is 0 Å². The molecule has 0 spiro atoms. The van der Waals surface area contributed by atoms with Crippen LogP contribution in [-0.4, -0.2) is 31.7 Å². The average molecular weight is 288 g/mol. The van der Waals surface area contributed by atoms with Crippen molar-refractivity contribution in [3.63, 3.8) is 0 Å². The molecule has 0 aliphatic carbocycles. The first-order valence-corrected chi connectivity index (χ1v) is 6.41. The second-order valence-corrected chi connectivity index (χ2v) is 4.68. The van der Waals surface area contributed by atoms with Crippen molar-refractivity contribution in [3.05, 3.63) is 47.0 Å². The zero-order valence-corrected chi connectivity index (χ0v) is 11.8. The van der Waals surface area contributed by atoms with Gasteiger partial charge in [0.05, 0.1) is 18.5 Å². The van der Waals surface area contributed by atoms with Gasteiger partial charge in [-0.05, 0) is 24.6 Å². The highest BCUT2D eigenvalue weighted by atomic mass is 16.4. The van der Waals surface area contributed by atoms with Gasteiger partial charge in [-0.2, -0.15) is 0 Å². The number of hydrogen-bond acceptors (Lipinski definition) is 4. The van der Waals surface area contributed by atoms with Gasteiger partial charge in [0.25, 0.3) is 0 Å². The van der Waals surface area contributed by atoms with Crippen LogP contribution < -0.4 is 5.32 Å². The molecule has 0 saturated carbocycles. The van der Waals surface area contributed by atoms with Crippen LogP contribution in [0.4, 0.5) is 0 Å². The van der Waals surface area contributed by atoms with Gasteiger partial charge in [-0.15, -0.1) is 10.2 Å². The largest absolute Gasteiger partial charge is 0.478 e. The summed E-state index contributed by atoms with van der Waals surface area (Å²) in [4.78, 5) is 22.6. The molecule has 7 heteroatoms. The Morgan fingerprint density at radius 2 is 1.90 bits per heavy atom. The van der Waals surface area contributed by atoms with E-state index in [-0.39, 0.29) is 17.9 Å². The number of rotatable bonds is 5. The Labute approximate surface area is 121 Å². The second kappa shape index (κ2) is 6.17. The van der Waals surface area contributed by atoms with Gasteiger partial charge < -0.3 is 15.0 Å². The lowest BCUT2D eigenvalue weighted by atomic mass is 10.1. The van der Waals surface area contributed by atoms with Gasteiger partial charge in [-0.25, -0.2) is 4.79 Å². The lowest BCUT2D eigenvalue weighted by Gasteiger charge is -2.05. The van der Waals surface area contributed by atoms with Crippen molar-refractivity contribution < 1.29 is 14.7 Å². The molecule has 110 valence electrons. The zero-order valence-electron chi connectivity index (χ0n) is 11.8. The fourth-order valence-electron chi connectivity index (χ4n) is 1.80. The molecule has 1 amide bonds. The number of aryl methyl sites for hydroxylation is 1. The number of carbonyl (C=O) groups is 2. The Hall–Kier alpha value is -2.70. The van der Waals surface area contributed by atoms with Crippen LogP contribution in [0.2, 0.25) is 0 Å². The number of nitrogens with zero attached hydrogens (tertiary/aromatic N) is 3. The number of benzene rings is 1. The Kier molecular flexibility index (Phi) is 4.32. The minimum atomic E-state index is -0.983. The fraction of sp³-hybridized carbons (Fsp3) is 0.286. The van der Waals surface area contributed by atoms with Crippen LogP contribution in [0.25, 0.3) is 0 Å². The minimum absolute atomic E-state index is 0.154. The minimum Gasteiger partial charge on any atom is -0.478 e. The quantitative estimate of drug-likeness (QED) is 0.843. The first-order chi connectivity index (χ1) is 9.97. The van der Waals surface area contributed by atoms with E-state index in [0.29, 0.717) is 12.4 Å². The van der Waals surface area contributed by atoms with Gasteiger partial charge in [-0.3, -0.25) is 4.79 Å². The third-order valence-electron chi connectivity index (χ3n) is 3.19. The van der Waals surface area contributed by atoms with Gasteiger partial charge in [0.2, 0.25) is 5.91 Å². The van der Waals surface area contributed by atoms with E-state index in [4.69, 9.17) is 5.11 Å². The molecule has 1 heterocycles. The monoisotopic (exact) mass is 288 g/mol. The topological polar surface area (TPSA) is 97.1 Å². The number of carboxylic acid groups (broad SMARTS) is 1. The van der Waals surface area contributed by atoms with Crippen LogP contribution in [-0.2, 0) is 24.8 Å². The Morgan fingerprint density at radius 1 is 1.24 bits per heavy atom. The van der Waals surface area contributed by atoms with Crippen molar-refractivity contribution in [2.45, 2.75) is 19.9 Å². The van der Waals surface area contributed by atoms with E-state index >= 15 is 0 Å². The molecule has 7 nitrogen and oxygen atoms in total. The Balaban J connectivity index is 1.89. The lowest BCUT2D eigenvalue weighted by molar-refractivity contribution is -0.120. The Morgan fingerprint density at radius 3 is 2.43 bits per heavy atom. The van der Waals surface area contributed by atoms with Crippen LogP contribution in [0.1, 0.15) is 27.6 Å². The summed E-state index contributed by atoms with van der Waals surface area (Å²) in [5, 5.41) is 19.4. The van der Waals surface area contributed by atoms with Crippen LogP contribution >= 0.6 is 0 Å². The lowest BCUT2D eigenvalue weighted by Crippen LogP contribution is -2.26. The summed E-state index contributed by atoms with van der Waals surface area (Å²) < 4.78 is 1.81. The third kappa shape index (κ3) is 3.65. The summed E-state index contributed by atoms with van der Waals surface area (Å²) in [5.74, 6) is 0.327. The van der Waals surface area contributed by atoms with Crippen LogP contribution in [0.5, 0.6) is 0 Å². The van der Waals surface area contributed by atoms with Crippen LogP contribution in [0.3, 0.4) is 0 Å². The standard InChI is InChI=1S/C14H16N4O3/c1-9-16-17-12(18(9)2)8-15-13(19)7-10-3-5-11(6-4-10)14(20)21/h3-6H,7-8H2,1-2H3,(H,15,19)(H,20,21). The van der Waals surface area contributed by atoms with Crippen molar-refractivity contribution in [1.29, 1.82) is 0 Å². The number of carbonyl (C=O) groups excluding carboxylic acids is 1. The molecule has 1 aromatic carbocycles. The average Bonchev–Trinajstić information content (AvgIpc) is 2.77. The summed E-state index contributed by atoms with van der Waals surface area (Å²) in [7, 11) is 1.83. The number of amides is 1. The van der Waals surface area contributed by atoms with Crippen LogP contribution in [0.15, 0.2) is 24.3 Å². The van der Waals surface area contributed by atoms with Crippen molar-refractivity contribution in [2.75, 3.05) is 0 Å². The van der Waals surface area contributed by atoms with Gasteiger partial charge in [-0.1, -0.05) is 12.1 Å². The third-order valence-corrected chi connectivity index (χ3v) is 3.19. The molecule has 0 radical (unpaired) electrons. The van der Waals surface area contributed by atoms with Gasteiger partial charge >= 0.3 is 5.97 Å². The van der Waals surface area contributed by atoms with Crippen LogP contribution in [0, 0.1) is 6.92 Å². The molecule has 0 fully saturated rings. The first kappa shape index (κ1) is 14.7. The van der Waals surface area contributed by atoms with E-state index in [2.05, 4.69) is 15.5 Å². The molecule has 0 aliphatic rings. The summed E-state index contributed by atoms with van der Waals surface area (Å²) in [6, 6.07) is 6.24. The van der Waals surface area contributed by atoms with E-state index in [1.165, 1.54) is 12.1 Å². The normalized spacial score (nSPS) is 10.4. The molecule has 0 bridgehead atoms. The molecule has 21 heavy (non-hydrogen) atoms. The number of nitrogens with one attached hydrogen (secondary N) is 1. The van der Waals surface area contributed by atoms with Gasteiger partial charge in [0, 0.05) is 7.05 Å². The maximum absolute atomic E-state index is 11.8. The zero-order chi connectivity index (χ0) is 15.4. The first-order valence-electron chi connectivity index (χ1n) is 6.41. The SMILES string of the molecule is Cc1nnc(CNC(=O)Cc2ccc(C(=O)O)cc2)n1C. The summed E-state index contributed by atoms with van der Waals surface area (Å²) >= 11 is 0. The molecular weight excluding hydrogens is 272 g/mol. The van der Waals surface area contributed by atoms with Gasteiger partial charge in [0.1, 0.15) is 5.82 Å². The van der Waals surface area contributed by atoms with E-state index in [1.54, 1.807) is 12.1 Å². The fourth-order valence-corrected chi connectivity index (χ4v) is 1.80. The highest BCUT2D eigenvalue weighted by Gasteiger charge is 2.08. The summed E-state index contributed by atoms with van der Waals surface area (Å²) in [6.45, 7) is 2.14. The number of hydrogen-bond donors (Lipinski definition) is 2. The van der Waals surface area contributed by atoms with E-state index in [1.807, 2.05) is 18.5 Å². The molecule has 0 atom stereocenters. The number of aromatic carboxylic acids is 1. The van der Waals surface area contributed by atoms with E-state index < -0.39 is 5.97 Å². The highest BCUT2D eigenvalue weighted by Crippen LogP contribution is 2.05. The van der Waals surface area contributed by atoms with Crippen molar-refractivity contribution >= 4 is 11.9 Å². The smallest absolute Gasteiger partial charge is 0.335 e. The molecular formula is C14H16N4O3. The van der Waals surface area contributed by atoms with Gasteiger partial charge in [0.15, 0.2) is 5.82 Å². The maximum atomic E-state index is 11.8.